The lowest BCUT2D eigenvalue weighted by Gasteiger charge is -2.24. The van der Waals surface area contributed by atoms with E-state index < -0.39 is 0 Å². The van der Waals surface area contributed by atoms with Crippen LogP contribution in [0.2, 0.25) is 0 Å². The molecule has 3 nitrogen and oxygen atoms in total. The number of aliphatic hydroxyl groups excluding tert-OH is 1. The first-order valence-corrected chi connectivity index (χ1v) is 9.17. The summed E-state index contributed by atoms with van der Waals surface area (Å²) in [6.45, 7) is 4.05. The summed E-state index contributed by atoms with van der Waals surface area (Å²) in [5.41, 5.74) is 0. The fraction of sp³-hybridized carbons (Fsp3) is 0.842. The molecule has 1 rings (SSSR count). The normalized spacial score (nSPS) is 19.7. The summed E-state index contributed by atoms with van der Waals surface area (Å²) in [6, 6.07) is 0. The number of allylic oxidation sites excluding steroid dienone is 2. The summed E-state index contributed by atoms with van der Waals surface area (Å²) < 4.78 is 5.60. The molecule has 0 saturated carbocycles. The molecule has 0 radical (unpaired) electrons. The molecular formula is C19H34O3. The van der Waals surface area contributed by atoms with Crippen molar-refractivity contribution in [2.45, 2.75) is 103 Å². The van der Waals surface area contributed by atoms with Gasteiger partial charge in [0.05, 0.1) is 11.9 Å². The quantitative estimate of drug-likeness (QED) is 0.520. The fourth-order valence-corrected chi connectivity index (χ4v) is 3.09. The summed E-state index contributed by atoms with van der Waals surface area (Å²) in [7, 11) is 0. The van der Waals surface area contributed by atoms with Crippen LogP contribution >= 0.6 is 0 Å². The van der Waals surface area contributed by atoms with E-state index >= 15 is 0 Å². The molecule has 0 fully saturated rings. The van der Waals surface area contributed by atoms with Crippen LogP contribution in [0.15, 0.2) is 11.8 Å². The molecular weight excluding hydrogens is 276 g/mol. The minimum atomic E-state index is -0.340. The zero-order valence-corrected chi connectivity index (χ0v) is 14.5. The molecule has 0 aromatic heterocycles. The van der Waals surface area contributed by atoms with Crippen molar-refractivity contribution in [1.29, 1.82) is 0 Å². The van der Waals surface area contributed by atoms with E-state index in [1.54, 1.807) is 13.0 Å². The zero-order valence-electron chi connectivity index (χ0n) is 14.5. The van der Waals surface area contributed by atoms with Gasteiger partial charge in [-0.1, -0.05) is 64.7 Å². The molecule has 1 N–H and O–H groups in total. The highest BCUT2D eigenvalue weighted by Gasteiger charge is 2.22. The lowest BCUT2D eigenvalue weighted by atomic mass is 9.99. The van der Waals surface area contributed by atoms with Crippen LogP contribution in [0.4, 0.5) is 0 Å². The third-order valence-corrected chi connectivity index (χ3v) is 4.32. The van der Waals surface area contributed by atoms with Crippen LogP contribution in [-0.2, 0) is 9.53 Å². The van der Waals surface area contributed by atoms with E-state index in [1.807, 2.05) is 0 Å². The maximum Gasteiger partial charge on any atom is 0.162 e. The summed E-state index contributed by atoms with van der Waals surface area (Å²) >= 11 is 0. The highest BCUT2D eigenvalue weighted by atomic mass is 16.5. The average molecular weight is 310 g/mol. The molecule has 3 heteroatoms. The SMILES string of the molecule is CCCCCCCCCCCC(O)CC1CC(=O)C=C(C)O1. The third kappa shape index (κ3) is 9.24. The molecule has 1 aliphatic heterocycles. The second kappa shape index (κ2) is 11.7. The molecule has 0 aliphatic carbocycles. The van der Waals surface area contributed by atoms with Gasteiger partial charge in [-0.2, -0.15) is 0 Å². The Morgan fingerprint density at radius 1 is 1.14 bits per heavy atom. The van der Waals surface area contributed by atoms with Gasteiger partial charge >= 0.3 is 0 Å². The molecule has 128 valence electrons. The van der Waals surface area contributed by atoms with Gasteiger partial charge in [0.2, 0.25) is 0 Å². The van der Waals surface area contributed by atoms with Gasteiger partial charge in [0.1, 0.15) is 6.10 Å². The summed E-state index contributed by atoms with van der Waals surface area (Å²) in [5.74, 6) is 0.792. The topological polar surface area (TPSA) is 46.5 Å². The van der Waals surface area contributed by atoms with Gasteiger partial charge in [0.15, 0.2) is 5.78 Å². The monoisotopic (exact) mass is 310 g/mol. The molecule has 2 unspecified atom stereocenters. The van der Waals surface area contributed by atoms with Crippen molar-refractivity contribution in [2.24, 2.45) is 0 Å². The predicted molar refractivity (Wildman–Crippen MR) is 90.7 cm³/mol. The van der Waals surface area contributed by atoms with Gasteiger partial charge in [-0.15, -0.1) is 0 Å². The van der Waals surface area contributed by atoms with Crippen molar-refractivity contribution in [3.05, 3.63) is 11.8 Å². The highest BCUT2D eigenvalue weighted by molar-refractivity contribution is 5.91. The molecule has 1 heterocycles. The number of ether oxygens (including phenoxy) is 1. The Balaban J connectivity index is 1.96. The lowest BCUT2D eigenvalue weighted by molar-refractivity contribution is -0.119. The molecule has 0 spiro atoms. The summed E-state index contributed by atoms with van der Waals surface area (Å²) in [5, 5.41) is 10.1. The number of unbranched alkanes of at least 4 members (excludes halogenated alkanes) is 8. The molecule has 0 amide bonds. The maximum atomic E-state index is 11.5. The molecule has 0 aromatic carbocycles. The highest BCUT2D eigenvalue weighted by Crippen LogP contribution is 2.20. The van der Waals surface area contributed by atoms with Gasteiger partial charge in [0, 0.05) is 18.9 Å². The molecule has 0 aromatic rings. The van der Waals surface area contributed by atoms with Crippen LogP contribution in [0.25, 0.3) is 0 Å². The maximum absolute atomic E-state index is 11.5. The lowest BCUT2D eigenvalue weighted by Crippen LogP contribution is -2.26. The first-order chi connectivity index (χ1) is 10.6. The Bertz CT molecular complexity index is 336. The second-order valence-corrected chi connectivity index (χ2v) is 6.67. The minimum Gasteiger partial charge on any atom is -0.494 e. The standard InChI is InChI=1S/C19H34O3/c1-3-4-5-6-7-8-9-10-11-12-17(20)14-19-15-18(21)13-16(2)22-19/h13,17,19-20H,3-12,14-15H2,1-2H3. The molecule has 22 heavy (non-hydrogen) atoms. The summed E-state index contributed by atoms with van der Waals surface area (Å²) in [6.07, 6.45) is 14.5. The summed E-state index contributed by atoms with van der Waals surface area (Å²) in [4.78, 5) is 11.5. The van der Waals surface area contributed by atoms with E-state index in [2.05, 4.69) is 6.92 Å². The Labute approximate surface area is 136 Å². The van der Waals surface area contributed by atoms with Gasteiger partial charge in [-0.25, -0.2) is 0 Å². The Hall–Kier alpha value is -0.830. The number of hydrogen-bond acceptors (Lipinski definition) is 3. The Kier molecular flexibility index (Phi) is 10.2. The van der Waals surface area contributed by atoms with Gasteiger partial charge in [-0.05, 0) is 13.3 Å². The Morgan fingerprint density at radius 3 is 2.32 bits per heavy atom. The van der Waals surface area contributed by atoms with Crippen LogP contribution < -0.4 is 0 Å². The van der Waals surface area contributed by atoms with E-state index in [9.17, 15) is 9.90 Å². The van der Waals surface area contributed by atoms with Crippen LogP contribution in [0.3, 0.4) is 0 Å². The first kappa shape index (κ1) is 19.2. The minimum absolute atomic E-state index is 0.115. The zero-order chi connectivity index (χ0) is 16.2. The number of rotatable bonds is 12. The van der Waals surface area contributed by atoms with Crippen LogP contribution in [-0.4, -0.2) is 23.1 Å². The Morgan fingerprint density at radius 2 is 1.73 bits per heavy atom. The fourth-order valence-electron chi connectivity index (χ4n) is 3.09. The molecule has 0 bridgehead atoms. The number of aliphatic hydroxyl groups is 1. The smallest absolute Gasteiger partial charge is 0.162 e. The number of ketones is 1. The van der Waals surface area contributed by atoms with Crippen molar-refractivity contribution in [3.8, 4) is 0 Å². The van der Waals surface area contributed by atoms with Crippen LogP contribution in [0.5, 0.6) is 0 Å². The second-order valence-electron chi connectivity index (χ2n) is 6.67. The van der Waals surface area contributed by atoms with E-state index in [0.29, 0.717) is 18.6 Å². The average Bonchev–Trinajstić information content (AvgIpc) is 2.44. The van der Waals surface area contributed by atoms with Crippen molar-refractivity contribution in [3.63, 3.8) is 0 Å². The largest absolute Gasteiger partial charge is 0.494 e. The first-order valence-electron chi connectivity index (χ1n) is 9.17. The van der Waals surface area contributed by atoms with Crippen molar-refractivity contribution >= 4 is 5.78 Å². The molecule has 1 aliphatic rings. The van der Waals surface area contributed by atoms with E-state index in [0.717, 1.165) is 12.8 Å². The molecule has 0 saturated heterocycles. The third-order valence-electron chi connectivity index (χ3n) is 4.32. The van der Waals surface area contributed by atoms with Crippen molar-refractivity contribution in [1.82, 2.24) is 0 Å². The molecule has 2 atom stereocenters. The van der Waals surface area contributed by atoms with E-state index in [1.165, 1.54) is 51.4 Å². The van der Waals surface area contributed by atoms with Gasteiger partial charge < -0.3 is 9.84 Å². The number of carbonyl (C=O) groups excluding carboxylic acids is 1. The van der Waals surface area contributed by atoms with Crippen LogP contribution in [0, 0.1) is 0 Å². The predicted octanol–water partition coefficient (Wildman–Crippen LogP) is 4.92. The van der Waals surface area contributed by atoms with Crippen molar-refractivity contribution in [2.75, 3.05) is 0 Å². The van der Waals surface area contributed by atoms with E-state index in [-0.39, 0.29) is 18.0 Å². The van der Waals surface area contributed by atoms with Crippen LogP contribution in [0.1, 0.15) is 90.9 Å². The van der Waals surface area contributed by atoms with E-state index in [4.69, 9.17) is 4.74 Å². The number of carbonyl (C=O) groups is 1. The van der Waals surface area contributed by atoms with Crippen molar-refractivity contribution < 1.29 is 14.6 Å². The van der Waals surface area contributed by atoms with Gasteiger partial charge in [-0.3, -0.25) is 4.79 Å². The van der Waals surface area contributed by atoms with Gasteiger partial charge in [0.25, 0.3) is 0 Å². The number of hydrogen-bond donors (Lipinski definition) is 1.